The molecule has 0 spiro atoms. The fourth-order valence-electron chi connectivity index (χ4n) is 2.53. The van der Waals surface area contributed by atoms with Gasteiger partial charge in [0.05, 0.1) is 17.4 Å². The second-order valence-corrected chi connectivity index (χ2v) is 5.14. The van der Waals surface area contributed by atoms with Crippen LogP contribution in [0.25, 0.3) is 22.2 Å². The highest BCUT2D eigenvalue weighted by molar-refractivity contribution is 5.93. The molecule has 23 heavy (non-hydrogen) atoms. The number of ether oxygens (including phenoxy) is 1. The van der Waals surface area contributed by atoms with Crippen LogP contribution in [0.1, 0.15) is 5.56 Å². The molecule has 0 bridgehead atoms. The maximum Gasteiger partial charge on any atom is 0.573 e. The number of alkyl halides is 3. The van der Waals surface area contributed by atoms with Crippen molar-refractivity contribution in [3.05, 3.63) is 48.3 Å². The third kappa shape index (κ3) is 3.14. The summed E-state index contributed by atoms with van der Waals surface area (Å²) in [5, 5.41) is 0. The van der Waals surface area contributed by atoms with E-state index in [0.717, 1.165) is 27.7 Å². The predicted octanol–water partition coefficient (Wildman–Crippen LogP) is 3.60. The third-order valence-corrected chi connectivity index (χ3v) is 3.51. The van der Waals surface area contributed by atoms with E-state index in [1.807, 2.05) is 23.7 Å². The second kappa shape index (κ2) is 5.58. The number of rotatable bonds is 3. The normalized spacial score (nSPS) is 11.9. The van der Waals surface area contributed by atoms with Crippen molar-refractivity contribution >= 4 is 11.0 Å². The maximum atomic E-state index is 12.2. The number of imidazole rings is 1. The summed E-state index contributed by atoms with van der Waals surface area (Å²) < 4.78 is 42.5. The number of aryl methyl sites for hydroxylation is 1. The van der Waals surface area contributed by atoms with Gasteiger partial charge in [-0.05, 0) is 35.4 Å². The van der Waals surface area contributed by atoms with E-state index in [2.05, 4.69) is 9.72 Å². The first kappa shape index (κ1) is 15.4. The molecule has 4 nitrogen and oxygen atoms in total. The van der Waals surface area contributed by atoms with Crippen molar-refractivity contribution in [1.29, 1.82) is 0 Å². The first-order valence-corrected chi connectivity index (χ1v) is 6.87. The number of hydrogen-bond donors (Lipinski definition) is 1. The van der Waals surface area contributed by atoms with Gasteiger partial charge in [0, 0.05) is 19.2 Å². The zero-order chi connectivity index (χ0) is 16.6. The Balaban J connectivity index is 2.07. The van der Waals surface area contributed by atoms with Crippen LogP contribution in [0.5, 0.6) is 5.75 Å². The van der Waals surface area contributed by atoms with Crippen LogP contribution in [-0.2, 0) is 13.6 Å². The Bertz CT molecular complexity index is 838. The van der Waals surface area contributed by atoms with Gasteiger partial charge in [-0.1, -0.05) is 12.1 Å². The fourth-order valence-corrected chi connectivity index (χ4v) is 2.53. The molecular formula is C16H14F3N3O. The molecule has 0 amide bonds. The molecule has 1 heterocycles. The van der Waals surface area contributed by atoms with Gasteiger partial charge in [0.2, 0.25) is 0 Å². The summed E-state index contributed by atoms with van der Waals surface area (Å²) in [6.07, 6.45) is -3.01. The van der Waals surface area contributed by atoms with Gasteiger partial charge in [-0.15, -0.1) is 13.2 Å². The van der Waals surface area contributed by atoms with E-state index in [1.54, 1.807) is 18.5 Å². The van der Waals surface area contributed by atoms with Crippen LogP contribution < -0.4 is 10.5 Å². The summed E-state index contributed by atoms with van der Waals surface area (Å²) in [4.78, 5) is 4.31. The lowest BCUT2D eigenvalue weighted by atomic mass is 10.0. The van der Waals surface area contributed by atoms with Gasteiger partial charge in [0.1, 0.15) is 5.75 Å². The zero-order valence-electron chi connectivity index (χ0n) is 12.3. The van der Waals surface area contributed by atoms with Gasteiger partial charge < -0.3 is 15.0 Å². The molecular weight excluding hydrogens is 307 g/mol. The second-order valence-electron chi connectivity index (χ2n) is 5.14. The molecule has 0 atom stereocenters. The van der Waals surface area contributed by atoms with Crippen molar-refractivity contribution < 1.29 is 17.9 Å². The van der Waals surface area contributed by atoms with Crippen LogP contribution in [-0.4, -0.2) is 15.9 Å². The molecule has 0 saturated carbocycles. The highest BCUT2D eigenvalue weighted by Crippen LogP contribution is 2.31. The van der Waals surface area contributed by atoms with Gasteiger partial charge >= 0.3 is 6.36 Å². The summed E-state index contributed by atoms with van der Waals surface area (Å²) in [5.74, 6) is -0.252. The number of fused-ring (bicyclic) bond motifs is 1. The Morgan fingerprint density at radius 1 is 1.17 bits per heavy atom. The molecule has 3 aromatic rings. The SMILES string of the molecule is Cn1cnc2cc(CN)cc(-c3ccc(OC(F)(F)F)cc3)c21. The molecule has 0 aliphatic rings. The van der Waals surface area contributed by atoms with Crippen molar-refractivity contribution in [1.82, 2.24) is 9.55 Å². The molecule has 1 aromatic heterocycles. The summed E-state index contributed by atoms with van der Waals surface area (Å²) in [6, 6.07) is 9.58. The van der Waals surface area contributed by atoms with E-state index >= 15 is 0 Å². The number of hydrogen-bond acceptors (Lipinski definition) is 3. The molecule has 2 N–H and O–H groups in total. The Labute approximate surface area is 130 Å². The van der Waals surface area contributed by atoms with E-state index in [4.69, 9.17) is 5.73 Å². The van der Waals surface area contributed by atoms with Gasteiger partial charge in [0.15, 0.2) is 0 Å². The fraction of sp³-hybridized carbons (Fsp3) is 0.188. The number of halogens is 3. The molecule has 0 fully saturated rings. The summed E-state index contributed by atoms with van der Waals surface area (Å²) in [7, 11) is 1.86. The van der Waals surface area contributed by atoms with Crippen molar-refractivity contribution in [2.24, 2.45) is 12.8 Å². The summed E-state index contributed by atoms with van der Waals surface area (Å²) in [5.41, 5.74) is 9.93. The monoisotopic (exact) mass is 321 g/mol. The third-order valence-electron chi connectivity index (χ3n) is 3.51. The van der Waals surface area contributed by atoms with Crippen molar-refractivity contribution in [3.63, 3.8) is 0 Å². The number of benzene rings is 2. The van der Waals surface area contributed by atoms with Crippen LogP contribution in [0.2, 0.25) is 0 Å². The van der Waals surface area contributed by atoms with Gasteiger partial charge in [0.25, 0.3) is 0 Å². The highest BCUT2D eigenvalue weighted by atomic mass is 19.4. The number of nitrogens with two attached hydrogens (primary N) is 1. The standard InChI is InChI=1S/C16H14F3N3O/c1-22-9-21-14-7-10(8-20)6-13(15(14)22)11-2-4-12(5-3-11)23-16(17,18)19/h2-7,9H,8,20H2,1H3. The van der Waals surface area contributed by atoms with Crippen molar-refractivity contribution in [2.75, 3.05) is 0 Å². The van der Waals surface area contributed by atoms with Crippen LogP contribution in [0, 0.1) is 0 Å². The van der Waals surface area contributed by atoms with Crippen molar-refractivity contribution in [3.8, 4) is 16.9 Å². The lowest BCUT2D eigenvalue weighted by molar-refractivity contribution is -0.274. The van der Waals surface area contributed by atoms with E-state index in [-0.39, 0.29) is 5.75 Å². The van der Waals surface area contributed by atoms with Gasteiger partial charge in [-0.3, -0.25) is 0 Å². The maximum absolute atomic E-state index is 12.2. The predicted molar refractivity (Wildman–Crippen MR) is 80.7 cm³/mol. The van der Waals surface area contributed by atoms with Gasteiger partial charge in [-0.2, -0.15) is 0 Å². The van der Waals surface area contributed by atoms with Crippen LogP contribution in [0.15, 0.2) is 42.7 Å². The Kier molecular flexibility index (Phi) is 3.73. The minimum atomic E-state index is -4.70. The minimum Gasteiger partial charge on any atom is -0.406 e. The average Bonchev–Trinajstić information content (AvgIpc) is 2.87. The van der Waals surface area contributed by atoms with E-state index in [9.17, 15) is 13.2 Å². The first-order valence-electron chi connectivity index (χ1n) is 6.87. The quantitative estimate of drug-likeness (QED) is 0.802. The van der Waals surface area contributed by atoms with E-state index in [1.165, 1.54) is 12.1 Å². The topological polar surface area (TPSA) is 53.1 Å². The Morgan fingerprint density at radius 3 is 2.48 bits per heavy atom. The smallest absolute Gasteiger partial charge is 0.406 e. The van der Waals surface area contributed by atoms with Gasteiger partial charge in [-0.25, -0.2) is 4.98 Å². The molecule has 0 aliphatic carbocycles. The summed E-state index contributed by atoms with van der Waals surface area (Å²) >= 11 is 0. The molecule has 7 heteroatoms. The molecule has 0 saturated heterocycles. The van der Waals surface area contributed by atoms with Crippen molar-refractivity contribution in [2.45, 2.75) is 12.9 Å². The minimum absolute atomic E-state index is 0.252. The average molecular weight is 321 g/mol. The number of aromatic nitrogens is 2. The molecule has 0 unspecified atom stereocenters. The Hall–Kier alpha value is -2.54. The molecule has 0 radical (unpaired) electrons. The zero-order valence-corrected chi connectivity index (χ0v) is 12.3. The first-order chi connectivity index (χ1) is 10.9. The van der Waals surface area contributed by atoms with Crippen LogP contribution in [0.4, 0.5) is 13.2 Å². The number of nitrogens with zero attached hydrogens (tertiary/aromatic N) is 2. The Morgan fingerprint density at radius 2 is 1.87 bits per heavy atom. The van der Waals surface area contributed by atoms with E-state index < -0.39 is 6.36 Å². The largest absolute Gasteiger partial charge is 0.573 e. The lowest BCUT2D eigenvalue weighted by Crippen LogP contribution is -2.16. The molecule has 3 rings (SSSR count). The van der Waals surface area contributed by atoms with Crippen LogP contribution >= 0.6 is 0 Å². The molecule has 0 aliphatic heterocycles. The summed E-state index contributed by atoms with van der Waals surface area (Å²) in [6.45, 7) is 0.356. The highest BCUT2D eigenvalue weighted by Gasteiger charge is 2.31. The molecule has 120 valence electrons. The van der Waals surface area contributed by atoms with E-state index in [0.29, 0.717) is 6.54 Å². The lowest BCUT2D eigenvalue weighted by Gasteiger charge is -2.11. The van der Waals surface area contributed by atoms with Crippen LogP contribution in [0.3, 0.4) is 0 Å². The molecule has 2 aromatic carbocycles.